The monoisotopic (exact) mass is 246 g/mol. The Kier molecular flexibility index (Phi) is 5.88. The maximum atomic E-state index is 10.6. The standard InChI is InChI=1S/C10H18N2O5/c13-9(14)7-11-1-2-12(8-10(15)16)4-6-17-5-3-11/h1-8H2,(H,13,14)(H,15,16). The molecule has 7 nitrogen and oxygen atoms in total. The Morgan fingerprint density at radius 3 is 1.65 bits per heavy atom. The van der Waals surface area contributed by atoms with Crippen LogP contribution in [-0.4, -0.2) is 84.4 Å². The molecular weight excluding hydrogens is 228 g/mol. The van der Waals surface area contributed by atoms with Crippen molar-refractivity contribution in [2.75, 3.05) is 52.5 Å². The van der Waals surface area contributed by atoms with E-state index >= 15 is 0 Å². The number of carboxylic acid groups (broad SMARTS) is 2. The van der Waals surface area contributed by atoms with Gasteiger partial charge in [-0.25, -0.2) is 0 Å². The average Bonchev–Trinajstić information content (AvgIpc) is 2.31. The van der Waals surface area contributed by atoms with Crippen molar-refractivity contribution >= 4 is 11.9 Å². The molecule has 1 saturated heterocycles. The van der Waals surface area contributed by atoms with E-state index in [1.165, 1.54) is 0 Å². The SMILES string of the molecule is O=C(O)CN1CCOCCN(CC(=O)O)CC1. The lowest BCUT2D eigenvalue weighted by Crippen LogP contribution is -2.40. The molecule has 1 rings (SSSR count). The molecular formula is C10H18N2O5. The number of hydrogen-bond acceptors (Lipinski definition) is 5. The minimum Gasteiger partial charge on any atom is -0.480 e. The highest BCUT2D eigenvalue weighted by Crippen LogP contribution is 1.97. The van der Waals surface area contributed by atoms with Gasteiger partial charge < -0.3 is 14.9 Å². The minimum atomic E-state index is -0.881. The van der Waals surface area contributed by atoms with E-state index in [2.05, 4.69) is 0 Å². The van der Waals surface area contributed by atoms with Gasteiger partial charge in [0.15, 0.2) is 0 Å². The van der Waals surface area contributed by atoms with E-state index in [1.807, 2.05) is 0 Å². The van der Waals surface area contributed by atoms with Crippen LogP contribution in [0.1, 0.15) is 0 Å². The molecule has 0 radical (unpaired) electrons. The Hall–Kier alpha value is -1.18. The van der Waals surface area contributed by atoms with Gasteiger partial charge in [-0.15, -0.1) is 0 Å². The van der Waals surface area contributed by atoms with E-state index in [4.69, 9.17) is 14.9 Å². The van der Waals surface area contributed by atoms with Crippen LogP contribution in [0.15, 0.2) is 0 Å². The number of carbonyl (C=O) groups is 2. The average molecular weight is 246 g/mol. The fourth-order valence-electron chi connectivity index (χ4n) is 1.69. The van der Waals surface area contributed by atoms with Crippen LogP contribution in [0.3, 0.4) is 0 Å². The molecule has 0 amide bonds. The first-order chi connectivity index (χ1) is 8.08. The Balaban J connectivity index is 2.45. The van der Waals surface area contributed by atoms with Gasteiger partial charge in [0, 0.05) is 26.2 Å². The number of nitrogens with zero attached hydrogens (tertiary/aromatic N) is 2. The molecule has 0 bridgehead atoms. The lowest BCUT2D eigenvalue weighted by Gasteiger charge is -2.22. The molecule has 1 fully saturated rings. The molecule has 0 atom stereocenters. The van der Waals surface area contributed by atoms with Gasteiger partial charge in [0.2, 0.25) is 0 Å². The van der Waals surface area contributed by atoms with Crippen molar-refractivity contribution in [1.82, 2.24) is 9.80 Å². The summed E-state index contributed by atoms with van der Waals surface area (Å²) < 4.78 is 5.31. The number of ether oxygens (including phenoxy) is 1. The van der Waals surface area contributed by atoms with Gasteiger partial charge >= 0.3 is 11.9 Å². The van der Waals surface area contributed by atoms with Crippen LogP contribution in [0.5, 0.6) is 0 Å². The molecule has 0 saturated carbocycles. The zero-order valence-electron chi connectivity index (χ0n) is 9.67. The molecule has 98 valence electrons. The second kappa shape index (κ2) is 7.21. The van der Waals surface area contributed by atoms with Gasteiger partial charge in [0.1, 0.15) is 0 Å². The van der Waals surface area contributed by atoms with Crippen molar-refractivity contribution in [2.24, 2.45) is 0 Å². The zero-order chi connectivity index (χ0) is 12.7. The molecule has 17 heavy (non-hydrogen) atoms. The maximum Gasteiger partial charge on any atom is 0.317 e. The summed E-state index contributed by atoms with van der Waals surface area (Å²) in [6.45, 7) is 3.10. The van der Waals surface area contributed by atoms with Gasteiger partial charge in [0.25, 0.3) is 0 Å². The number of hydrogen-bond donors (Lipinski definition) is 2. The molecule has 0 aromatic rings. The van der Waals surface area contributed by atoms with Crippen LogP contribution in [0, 0.1) is 0 Å². The molecule has 0 unspecified atom stereocenters. The van der Waals surface area contributed by atoms with E-state index in [-0.39, 0.29) is 13.1 Å². The fourth-order valence-corrected chi connectivity index (χ4v) is 1.69. The van der Waals surface area contributed by atoms with E-state index in [0.717, 1.165) is 0 Å². The third-order valence-corrected chi connectivity index (χ3v) is 2.55. The minimum absolute atomic E-state index is 0.0374. The van der Waals surface area contributed by atoms with Crippen molar-refractivity contribution in [2.45, 2.75) is 0 Å². The molecule has 0 spiro atoms. The lowest BCUT2D eigenvalue weighted by atomic mass is 10.4. The van der Waals surface area contributed by atoms with E-state index in [0.29, 0.717) is 39.4 Å². The summed E-state index contributed by atoms with van der Waals surface area (Å²) in [5, 5.41) is 17.4. The van der Waals surface area contributed by atoms with Crippen molar-refractivity contribution in [3.63, 3.8) is 0 Å². The fraction of sp³-hybridized carbons (Fsp3) is 0.800. The van der Waals surface area contributed by atoms with Crippen LogP contribution in [-0.2, 0) is 14.3 Å². The third-order valence-electron chi connectivity index (χ3n) is 2.55. The van der Waals surface area contributed by atoms with Crippen molar-refractivity contribution in [1.29, 1.82) is 0 Å². The predicted molar refractivity (Wildman–Crippen MR) is 59.0 cm³/mol. The summed E-state index contributed by atoms with van der Waals surface area (Å²) in [7, 11) is 0. The molecule has 1 heterocycles. The van der Waals surface area contributed by atoms with Gasteiger partial charge in [0.05, 0.1) is 26.3 Å². The van der Waals surface area contributed by atoms with E-state index < -0.39 is 11.9 Å². The lowest BCUT2D eigenvalue weighted by molar-refractivity contribution is -0.140. The molecule has 0 aliphatic carbocycles. The highest BCUT2D eigenvalue weighted by atomic mass is 16.5. The number of aliphatic carboxylic acids is 2. The Labute approximate surface area is 99.6 Å². The Morgan fingerprint density at radius 1 is 0.882 bits per heavy atom. The summed E-state index contributed by atoms with van der Waals surface area (Å²) in [4.78, 5) is 24.7. The molecule has 7 heteroatoms. The quantitative estimate of drug-likeness (QED) is 0.643. The zero-order valence-corrected chi connectivity index (χ0v) is 9.67. The highest BCUT2D eigenvalue weighted by molar-refractivity contribution is 5.69. The van der Waals surface area contributed by atoms with Gasteiger partial charge in [-0.3, -0.25) is 19.4 Å². The largest absolute Gasteiger partial charge is 0.480 e. The first-order valence-corrected chi connectivity index (χ1v) is 5.54. The number of carboxylic acids is 2. The van der Waals surface area contributed by atoms with Crippen molar-refractivity contribution in [3.05, 3.63) is 0 Å². The third kappa shape index (κ3) is 6.20. The summed E-state index contributed by atoms with van der Waals surface area (Å²) in [6.07, 6.45) is 0. The van der Waals surface area contributed by atoms with Crippen LogP contribution >= 0.6 is 0 Å². The molecule has 2 N–H and O–H groups in total. The Bertz CT molecular complexity index is 245. The summed E-state index contributed by atoms with van der Waals surface area (Å²) in [5.41, 5.74) is 0. The molecule has 0 aromatic heterocycles. The van der Waals surface area contributed by atoms with Crippen LogP contribution in [0.2, 0.25) is 0 Å². The molecule has 0 aromatic carbocycles. The summed E-state index contributed by atoms with van der Waals surface area (Å²) >= 11 is 0. The van der Waals surface area contributed by atoms with Gasteiger partial charge in [-0.2, -0.15) is 0 Å². The van der Waals surface area contributed by atoms with Crippen LogP contribution < -0.4 is 0 Å². The second-order valence-electron chi connectivity index (χ2n) is 3.95. The second-order valence-corrected chi connectivity index (χ2v) is 3.95. The normalized spacial score (nSPS) is 20.2. The molecule has 1 aliphatic rings. The Morgan fingerprint density at radius 2 is 1.29 bits per heavy atom. The first-order valence-electron chi connectivity index (χ1n) is 5.54. The van der Waals surface area contributed by atoms with Crippen molar-refractivity contribution in [3.8, 4) is 0 Å². The van der Waals surface area contributed by atoms with Crippen molar-refractivity contribution < 1.29 is 24.5 Å². The van der Waals surface area contributed by atoms with Gasteiger partial charge in [-0.05, 0) is 0 Å². The van der Waals surface area contributed by atoms with Crippen LogP contribution in [0.4, 0.5) is 0 Å². The number of rotatable bonds is 4. The summed E-state index contributed by atoms with van der Waals surface area (Å²) in [6, 6.07) is 0. The smallest absolute Gasteiger partial charge is 0.317 e. The first kappa shape index (κ1) is 13.9. The maximum absolute atomic E-state index is 10.6. The van der Waals surface area contributed by atoms with E-state index in [9.17, 15) is 9.59 Å². The van der Waals surface area contributed by atoms with Crippen LogP contribution in [0.25, 0.3) is 0 Å². The molecule has 1 aliphatic heterocycles. The highest BCUT2D eigenvalue weighted by Gasteiger charge is 2.16. The predicted octanol–water partition coefficient (Wildman–Crippen LogP) is -1.21. The topological polar surface area (TPSA) is 90.3 Å². The van der Waals surface area contributed by atoms with Gasteiger partial charge in [-0.1, -0.05) is 0 Å². The summed E-state index contributed by atoms with van der Waals surface area (Å²) in [5.74, 6) is -1.76. The van der Waals surface area contributed by atoms with E-state index in [1.54, 1.807) is 9.80 Å².